The molecule has 0 fully saturated rings. The molecule has 3 aromatic carbocycles. The smallest absolute Gasteiger partial charge is 0.335 e. The van der Waals surface area contributed by atoms with Gasteiger partial charge in [0.1, 0.15) is 5.69 Å². The Kier molecular flexibility index (Phi) is 4.96. The second-order valence-corrected chi connectivity index (χ2v) is 6.97. The molecule has 0 aliphatic carbocycles. The van der Waals surface area contributed by atoms with Crippen LogP contribution < -0.4 is 4.90 Å². The third kappa shape index (κ3) is 3.67. The molecule has 29 heavy (non-hydrogen) atoms. The van der Waals surface area contributed by atoms with Gasteiger partial charge >= 0.3 is 5.97 Å². The van der Waals surface area contributed by atoms with Crippen molar-refractivity contribution in [3.63, 3.8) is 0 Å². The van der Waals surface area contributed by atoms with Crippen molar-refractivity contribution < 1.29 is 9.90 Å². The first-order valence-corrected chi connectivity index (χ1v) is 9.43. The van der Waals surface area contributed by atoms with E-state index in [0.717, 1.165) is 16.8 Å². The molecule has 5 heteroatoms. The number of carboxylic acid groups (broad SMARTS) is 1. The van der Waals surface area contributed by atoms with Crippen molar-refractivity contribution in [3.8, 4) is 11.3 Å². The van der Waals surface area contributed by atoms with Gasteiger partial charge in [0, 0.05) is 12.6 Å². The zero-order valence-corrected chi connectivity index (χ0v) is 16.3. The summed E-state index contributed by atoms with van der Waals surface area (Å²) in [5, 5.41) is 9.33. The van der Waals surface area contributed by atoms with Crippen LogP contribution in [-0.2, 0) is 0 Å². The SMILES string of the molecule is C[C@@H](c1ccccc1)N(C)c1nc2cc(C(=O)O)ccc2nc1-c1ccccc1. The van der Waals surface area contributed by atoms with Crippen molar-refractivity contribution >= 4 is 22.8 Å². The van der Waals surface area contributed by atoms with Crippen LogP contribution in [0.15, 0.2) is 78.9 Å². The molecule has 0 radical (unpaired) electrons. The van der Waals surface area contributed by atoms with Crippen LogP contribution in [0.3, 0.4) is 0 Å². The predicted octanol–water partition coefficient (Wildman–Crippen LogP) is 5.19. The molecule has 0 aliphatic heterocycles. The Morgan fingerprint density at radius 3 is 2.21 bits per heavy atom. The van der Waals surface area contributed by atoms with E-state index >= 15 is 0 Å². The molecule has 0 saturated carbocycles. The normalized spacial score (nSPS) is 11.9. The largest absolute Gasteiger partial charge is 0.478 e. The highest BCUT2D eigenvalue weighted by Gasteiger charge is 2.20. The molecule has 1 N–H and O–H groups in total. The zero-order chi connectivity index (χ0) is 20.4. The summed E-state index contributed by atoms with van der Waals surface area (Å²) in [6.45, 7) is 2.11. The van der Waals surface area contributed by atoms with Crippen LogP contribution in [0.2, 0.25) is 0 Å². The van der Waals surface area contributed by atoms with Crippen molar-refractivity contribution in [1.29, 1.82) is 0 Å². The quantitative estimate of drug-likeness (QED) is 0.513. The Morgan fingerprint density at radius 1 is 0.897 bits per heavy atom. The maximum atomic E-state index is 11.4. The van der Waals surface area contributed by atoms with E-state index in [1.165, 1.54) is 0 Å². The first-order valence-electron chi connectivity index (χ1n) is 9.43. The van der Waals surface area contributed by atoms with Crippen LogP contribution >= 0.6 is 0 Å². The number of nitrogens with zero attached hydrogens (tertiary/aromatic N) is 3. The van der Waals surface area contributed by atoms with Crippen molar-refractivity contribution in [1.82, 2.24) is 9.97 Å². The lowest BCUT2D eigenvalue weighted by atomic mass is 10.1. The highest BCUT2D eigenvalue weighted by molar-refractivity contribution is 5.93. The van der Waals surface area contributed by atoms with E-state index in [-0.39, 0.29) is 11.6 Å². The molecule has 1 heterocycles. The molecule has 4 aromatic rings. The molecule has 0 saturated heterocycles. The Morgan fingerprint density at radius 2 is 1.55 bits per heavy atom. The second-order valence-electron chi connectivity index (χ2n) is 6.97. The van der Waals surface area contributed by atoms with Gasteiger partial charge in [-0.1, -0.05) is 60.7 Å². The number of anilines is 1. The highest BCUT2D eigenvalue weighted by atomic mass is 16.4. The molecule has 0 bridgehead atoms. The van der Waals surface area contributed by atoms with Gasteiger partial charge in [-0.2, -0.15) is 0 Å². The lowest BCUT2D eigenvalue weighted by Crippen LogP contribution is -2.23. The number of aromatic nitrogens is 2. The molecule has 4 rings (SSSR count). The van der Waals surface area contributed by atoms with E-state index < -0.39 is 5.97 Å². The van der Waals surface area contributed by atoms with E-state index in [9.17, 15) is 9.90 Å². The highest BCUT2D eigenvalue weighted by Crippen LogP contribution is 2.33. The molecule has 1 atom stereocenters. The molecule has 5 nitrogen and oxygen atoms in total. The Hall–Kier alpha value is -3.73. The number of fused-ring (bicyclic) bond motifs is 1. The van der Waals surface area contributed by atoms with Gasteiger partial charge < -0.3 is 10.0 Å². The van der Waals surface area contributed by atoms with Gasteiger partial charge in [-0.25, -0.2) is 14.8 Å². The van der Waals surface area contributed by atoms with Crippen LogP contribution in [0.1, 0.15) is 28.9 Å². The van der Waals surface area contributed by atoms with Crippen LogP contribution in [0.25, 0.3) is 22.3 Å². The number of hydrogen-bond acceptors (Lipinski definition) is 4. The van der Waals surface area contributed by atoms with Crippen LogP contribution in [0, 0.1) is 0 Å². The number of hydrogen-bond donors (Lipinski definition) is 1. The number of rotatable bonds is 5. The molecular weight excluding hydrogens is 362 g/mol. The van der Waals surface area contributed by atoms with Gasteiger partial charge in [-0.05, 0) is 30.7 Å². The minimum Gasteiger partial charge on any atom is -0.478 e. The Balaban J connectivity index is 1.90. The first kappa shape index (κ1) is 18.6. The summed E-state index contributed by atoms with van der Waals surface area (Å²) in [4.78, 5) is 23.2. The third-order valence-electron chi connectivity index (χ3n) is 5.14. The Bertz CT molecular complexity index is 1160. The zero-order valence-electron chi connectivity index (χ0n) is 16.3. The fraction of sp³-hybridized carbons (Fsp3) is 0.125. The fourth-order valence-corrected chi connectivity index (χ4v) is 3.35. The van der Waals surface area contributed by atoms with E-state index in [1.54, 1.807) is 18.2 Å². The van der Waals surface area contributed by atoms with Crippen molar-refractivity contribution in [3.05, 3.63) is 90.0 Å². The monoisotopic (exact) mass is 383 g/mol. The van der Waals surface area contributed by atoms with Crippen molar-refractivity contribution in [2.45, 2.75) is 13.0 Å². The van der Waals surface area contributed by atoms with Crippen molar-refractivity contribution in [2.75, 3.05) is 11.9 Å². The van der Waals surface area contributed by atoms with E-state index in [0.29, 0.717) is 16.9 Å². The molecule has 144 valence electrons. The van der Waals surface area contributed by atoms with Crippen LogP contribution in [0.5, 0.6) is 0 Å². The average molecular weight is 383 g/mol. The average Bonchev–Trinajstić information content (AvgIpc) is 2.78. The Labute approximate surface area is 169 Å². The van der Waals surface area contributed by atoms with Gasteiger partial charge in [0.25, 0.3) is 0 Å². The summed E-state index contributed by atoms with van der Waals surface area (Å²) in [6, 6.07) is 25.0. The van der Waals surface area contributed by atoms with Gasteiger partial charge in [0.2, 0.25) is 0 Å². The minimum absolute atomic E-state index is 0.0630. The topological polar surface area (TPSA) is 66.3 Å². The summed E-state index contributed by atoms with van der Waals surface area (Å²) < 4.78 is 0. The minimum atomic E-state index is -0.978. The summed E-state index contributed by atoms with van der Waals surface area (Å²) in [6.07, 6.45) is 0. The number of carboxylic acids is 1. The number of carbonyl (C=O) groups is 1. The maximum Gasteiger partial charge on any atom is 0.335 e. The number of benzene rings is 3. The molecule has 1 aromatic heterocycles. The first-order chi connectivity index (χ1) is 14.0. The molecule has 0 unspecified atom stereocenters. The van der Waals surface area contributed by atoms with E-state index in [4.69, 9.17) is 9.97 Å². The fourth-order valence-electron chi connectivity index (χ4n) is 3.35. The number of aromatic carboxylic acids is 1. The van der Waals surface area contributed by atoms with Gasteiger partial charge in [0.05, 0.1) is 22.6 Å². The summed E-state index contributed by atoms with van der Waals surface area (Å²) >= 11 is 0. The van der Waals surface area contributed by atoms with Gasteiger partial charge in [-0.15, -0.1) is 0 Å². The lowest BCUT2D eigenvalue weighted by Gasteiger charge is -2.28. The summed E-state index contributed by atoms with van der Waals surface area (Å²) in [7, 11) is 1.99. The summed E-state index contributed by atoms with van der Waals surface area (Å²) in [5.41, 5.74) is 4.32. The molecule has 0 aliphatic rings. The standard InChI is InChI=1S/C24H21N3O2/c1-16(17-9-5-3-6-10-17)27(2)23-22(18-11-7-4-8-12-18)25-20-14-13-19(24(28)29)15-21(20)26-23/h3-16H,1-2H3,(H,28,29)/t16-/m0/s1. The van der Waals surface area contributed by atoms with Gasteiger partial charge in [0.15, 0.2) is 5.82 Å². The molecule has 0 amide bonds. The second kappa shape index (κ2) is 7.72. The predicted molar refractivity (Wildman–Crippen MR) is 115 cm³/mol. The maximum absolute atomic E-state index is 11.4. The van der Waals surface area contributed by atoms with Crippen molar-refractivity contribution in [2.24, 2.45) is 0 Å². The third-order valence-corrected chi connectivity index (χ3v) is 5.14. The van der Waals surface area contributed by atoms with Gasteiger partial charge in [-0.3, -0.25) is 0 Å². The van der Waals surface area contributed by atoms with Crippen LogP contribution in [-0.4, -0.2) is 28.1 Å². The molecule has 0 spiro atoms. The molecular formula is C24H21N3O2. The summed E-state index contributed by atoms with van der Waals surface area (Å²) in [5.74, 6) is -0.268. The van der Waals surface area contributed by atoms with E-state index in [2.05, 4.69) is 24.0 Å². The van der Waals surface area contributed by atoms with E-state index in [1.807, 2.05) is 55.6 Å². The lowest BCUT2D eigenvalue weighted by molar-refractivity contribution is 0.0697. The van der Waals surface area contributed by atoms with Crippen LogP contribution in [0.4, 0.5) is 5.82 Å².